The van der Waals surface area contributed by atoms with Gasteiger partial charge in [0.1, 0.15) is 5.97 Å². The number of likely N-dealkylation sites (N-methyl/N-ethyl adjacent to an activating group) is 1. The van der Waals surface area contributed by atoms with Crippen molar-refractivity contribution in [1.82, 2.24) is 36.5 Å². The molecule has 2 aromatic heterocycles. The number of para-hydroxylation sites is 1. The zero-order valence-corrected chi connectivity index (χ0v) is 24.6. The van der Waals surface area contributed by atoms with E-state index in [2.05, 4.69) is 30.3 Å². The molecule has 230 valence electrons. The van der Waals surface area contributed by atoms with Crippen LogP contribution in [0.2, 0.25) is 0 Å². The van der Waals surface area contributed by atoms with Crippen LogP contribution in [0.15, 0.2) is 40.1 Å². The molecule has 2 heterocycles. The van der Waals surface area contributed by atoms with Crippen molar-refractivity contribution in [3.63, 3.8) is 0 Å². The molecule has 7 N–H and O–H groups in total. The molecule has 0 bridgehead atoms. The molecule has 1 unspecified atom stereocenters. The minimum Gasteiger partial charge on any atom is -0.768 e. The van der Waals surface area contributed by atoms with E-state index in [1.54, 1.807) is 12.1 Å². The molecular weight excluding hydrogens is 627 g/mol. The number of carbonyl (C=O) groups excluding carboxylic acids is 1. The Bertz CT molecular complexity index is 1690. The summed E-state index contributed by atoms with van der Waals surface area (Å²) in [5.41, 5.74) is 7.36. The number of sulfonamides is 1. The van der Waals surface area contributed by atoms with Crippen LogP contribution in [0.3, 0.4) is 0 Å². The maximum atomic E-state index is 13.1. The number of carboxylic acids is 1. The van der Waals surface area contributed by atoms with Gasteiger partial charge in [0.2, 0.25) is 15.8 Å². The van der Waals surface area contributed by atoms with Gasteiger partial charge in [-0.05, 0) is 34.0 Å². The number of rotatable bonds is 8. The predicted molar refractivity (Wildman–Crippen MR) is 144 cm³/mol. The lowest BCUT2D eigenvalue weighted by Gasteiger charge is -2.24. The highest BCUT2D eigenvalue weighted by Crippen LogP contribution is 2.41. The molecule has 2 aromatic carbocycles. The van der Waals surface area contributed by atoms with E-state index >= 15 is 0 Å². The Morgan fingerprint density at radius 2 is 1.83 bits per heavy atom. The number of aromatic amines is 1. The van der Waals surface area contributed by atoms with E-state index in [9.17, 15) is 30.4 Å². The molecule has 21 heteroatoms. The Balaban J connectivity index is 0.000000687. The second-order valence-electron chi connectivity index (χ2n) is 9.19. The number of nitrogens with two attached hydrogens (primary N) is 1. The fourth-order valence-corrected chi connectivity index (χ4v) is 6.43. The second-order valence-corrected chi connectivity index (χ2v) is 12.9. The Morgan fingerprint density at radius 3 is 2.36 bits per heavy atom. The number of hydrogen-bond donors (Lipinski definition) is 4. The number of aromatic nitrogens is 5. The Morgan fingerprint density at radius 1 is 1.19 bits per heavy atom. The number of hydrogen-bond acceptors (Lipinski definition) is 13. The first-order valence-corrected chi connectivity index (χ1v) is 14.5. The lowest BCUT2D eigenvalue weighted by atomic mass is 9.98. The summed E-state index contributed by atoms with van der Waals surface area (Å²) in [4.78, 5) is 12.3. The fourth-order valence-electron chi connectivity index (χ4n) is 3.43. The predicted octanol–water partition coefficient (Wildman–Crippen LogP) is 0.409. The molecule has 15 nitrogen and oxygen atoms in total. The monoisotopic (exact) mass is 652 g/mol. The number of H-pyrrole nitrogens is 1. The molecule has 0 fully saturated rings. The minimum absolute atomic E-state index is 0. The van der Waals surface area contributed by atoms with Crippen LogP contribution < -0.4 is 21.7 Å². The van der Waals surface area contributed by atoms with Crippen molar-refractivity contribution in [3.05, 3.63) is 30.3 Å². The van der Waals surface area contributed by atoms with Crippen LogP contribution in [-0.4, -0.2) is 93.6 Å². The number of aliphatic carboxylic acids is 1. The van der Waals surface area contributed by atoms with Crippen LogP contribution in [0.4, 0.5) is 18.3 Å². The number of tetrazole rings is 1. The van der Waals surface area contributed by atoms with Gasteiger partial charge in [0.15, 0.2) is 5.13 Å². The third-order valence-electron chi connectivity index (χ3n) is 5.18. The van der Waals surface area contributed by atoms with Crippen LogP contribution in [0.25, 0.3) is 32.7 Å². The highest BCUT2D eigenvalue weighted by atomic mass is 32.2. The Hall–Kier alpha value is -3.60. The third kappa shape index (κ3) is 8.24. The standard InChI is InChI=1S/C19H22N8O4S3.C2HF3O2.H3N/c1-27(2,3)10-9-21-34(30,31)14-8-7-11(12-5-4-6-13-16(12)22-19(20)32-13)15(17(14)33(28)29)18-23-25-26-24-18;3-2(4,5)1(6)7;/h4-8,21H,9-10H2,1-3H3,(H3-,20,22,23,24,25,26,28,29);(H,6,7);1H3/p-1. The SMILES string of the molecule is C[N+](C)(C)CCNS(=O)(=O)c1ccc(-c2cccc3sc(N)nc23)c(-c2nn[nH]n2)c1S(=O)[O-].N.O=C([O-])C(F)(F)F. The summed E-state index contributed by atoms with van der Waals surface area (Å²) in [6.45, 7) is 0.617. The van der Waals surface area contributed by atoms with Crippen molar-refractivity contribution in [2.24, 2.45) is 0 Å². The summed E-state index contributed by atoms with van der Waals surface area (Å²) in [5.74, 6) is -3.08. The first-order chi connectivity index (χ1) is 18.9. The van der Waals surface area contributed by atoms with Crippen LogP contribution in [0.1, 0.15) is 0 Å². The van der Waals surface area contributed by atoms with Crippen LogP contribution >= 0.6 is 11.3 Å². The van der Waals surface area contributed by atoms with Crippen molar-refractivity contribution in [1.29, 1.82) is 0 Å². The van der Waals surface area contributed by atoms with Gasteiger partial charge in [-0.3, -0.25) is 4.21 Å². The maximum absolute atomic E-state index is 13.1. The summed E-state index contributed by atoms with van der Waals surface area (Å²) in [5, 5.41) is 22.8. The molecule has 0 aliphatic heterocycles. The Labute approximate surface area is 243 Å². The zero-order chi connectivity index (χ0) is 30.8. The second kappa shape index (κ2) is 13.1. The van der Waals surface area contributed by atoms with Gasteiger partial charge in [-0.2, -0.15) is 18.4 Å². The molecule has 0 radical (unpaired) electrons. The van der Waals surface area contributed by atoms with Gasteiger partial charge in [-0.1, -0.05) is 29.5 Å². The number of halogens is 3. The number of carboxylic acid groups (broad SMARTS) is 1. The van der Waals surface area contributed by atoms with E-state index in [1.165, 1.54) is 23.5 Å². The maximum Gasteiger partial charge on any atom is 0.430 e. The van der Waals surface area contributed by atoms with Gasteiger partial charge in [0, 0.05) is 11.1 Å². The number of anilines is 1. The molecular formula is C21H25F3N9O6S3-. The van der Waals surface area contributed by atoms with Crippen molar-refractivity contribution < 1.29 is 44.7 Å². The van der Waals surface area contributed by atoms with Gasteiger partial charge >= 0.3 is 6.18 Å². The number of quaternary nitrogens is 1. The highest BCUT2D eigenvalue weighted by molar-refractivity contribution is 7.90. The molecule has 0 amide bonds. The largest absolute Gasteiger partial charge is 0.768 e. The van der Waals surface area contributed by atoms with E-state index < -0.39 is 43.0 Å². The summed E-state index contributed by atoms with van der Waals surface area (Å²) in [6, 6.07) is 8.13. The van der Waals surface area contributed by atoms with Crippen molar-refractivity contribution >= 4 is 53.8 Å². The topological polar surface area (TPSA) is 255 Å². The van der Waals surface area contributed by atoms with E-state index in [-0.39, 0.29) is 24.1 Å². The number of nitrogen functional groups attached to an aromatic ring is 1. The first-order valence-electron chi connectivity index (χ1n) is 11.2. The molecule has 4 rings (SSSR count). The number of benzene rings is 2. The quantitative estimate of drug-likeness (QED) is 0.149. The van der Waals surface area contributed by atoms with Crippen LogP contribution in [0.5, 0.6) is 0 Å². The third-order valence-corrected chi connectivity index (χ3v) is 8.42. The molecule has 1 atom stereocenters. The smallest absolute Gasteiger partial charge is 0.430 e. The average Bonchev–Trinajstić information content (AvgIpc) is 3.50. The highest BCUT2D eigenvalue weighted by Gasteiger charge is 2.29. The minimum atomic E-state index is -5.19. The van der Waals surface area contributed by atoms with Gasteiger partial charge in [0.25, 0.3) is 0 Å². The van der Waals surface area contributed by atoms with Crippen molar-refractivity contribution in [2.75, 3.05) is 40.0 Å². The fraction of sp³-hybridized carbons (Fsp3) is 0.286. The normalized spacial score (nSPS) is 12.7. The number of thiazole rings is 1. The summed E-state index contributed by atoms with van der Waals surface area (Å²) in [6.07, 6.45) is -5.19. The Kier molecular flexibility index (Phi) is 10.8. The van der Waals surface area contributed by atoms with Gasteiger partial charge in [-0.25, -0.2) is 18.1 Å². The van der Waals surface area contributed by atoms with Gasteiger partial charge < -0.3 is 30.8 Å². The lowest BCUT2D eigenvalue weighted by Crippen LogP contribution is -2.42. The van der Waals surface area contributed by atoms with Gasteiger partial charge in [-0.15, -0.1) is 10.2 Å². The van der Waals surface area contributed by atoms with E-state index in [0.29, 0.717) is 32.8 Å². The number of fused-ring (bicyclic) bond motifs is 1. The van der Waals surface area contributed by atoms with E-state index in [4.69, 9.17) is 15.6 Å². The summed E-state index contributed by atoms with van der Waals surface area (Å²) in [7, 11) is 1.57. The number of nitrogens with zero attached hydrogens (tertiary/aromatic N) is 5. The van der Waals surface area contributed by atoms with Crippen LogP contribution in [-0.2, 0) is 25.9 Å². The summed E-state index contributed by atoms with van der Waals surface area (Å²) < 4.78 is 86.5. The van der Waals surface area contributed by atoms with Crippen molar-refractivity contribution in [2.45, 2.75) is 16.0 Å². The van der Waals surface area contributed by atoms with Gasteiger partial charge in [0.05, 0.1) is 54.2 Å². The molecule has 4 aromatic rings. The average molecular weight is 653 g/mol. The molecule has 0 saturated carbocycles. The van der Waals surface area contributed by atoms with E-state index in [1.807, 2.05) is 27.2 Å². The molecule has 0 saturated heterocycles. The first kappa shape index (κ1) is 34.6. The number of carbonyl (C=O) groups is 1. The lowest BCUT2D eigenvalue weighted by molar-refractivity contribution is -0.869. The molecule has 0 aliphatic rings. The molecule has 0 aliphatic carbocycles. The zero-order valence-electron chi connectivity index (χ0n) is 22.1. The molecule has 42 heavy (non-hydrogen) atoms. The summed E-state index contributed by atoms with van der Waals surface area (Å²) >= 11 is -1.67. The van der Waals surface area contributed by atoms with E-state index in [0.717, 1.165) is 4.70 Å². The molecule has 0 spiro atoms. The number of alkyl halides is 3. The van der Waals surface area contributed by atoms with Crippen LogP contribution in [0, 0.1) is 0 Å². The van der Waals surface area contributed by atoms with Crippen molar-refractivity contribution in [3.8, 4) is 22.5 Å². The number of nitrogens with one attached hydrogen (secondary N) is 2.